The Morgan fingerprint density at radius 2 is 2.07 bits per heavy atom. The number of hydrogen-bond donors (Lipinski definition) is 1. The summed E-state index contributed by atoms with van der Waals surface area (Å²) in [4.78, 5) is 26.2. The zero-order valence-electron chi connectivity index (χ0n) is 8.50. The fraction of sp³-hybridized carbons (Fsp3) is 0.300. The number of halogens is 1. The normalized spacial score (nSPS) is 9.80. The molecule has 0 fully saturated rings. The van der Waals surface area contributed by atoms with Crippen LogP contribution < -0.4 is 5.32 Å². The molecule has 0 aliphatic rings. The highest BCUT2D eigenvalue weighted by molar-refractivity contribution is 9.08. The van der Waals surface area contributed by atoms with Gasteiger partial charge in [0.1, 0.15) is 5.82 Å². The second kappa shape index (κ2) is 5.02. The number of amides is 1. The standard InChI is InChI=1S/C10H11BrN2O2/c1-6(14)8-3-9(5-11)13-10(4-8)12-7(2)15/h3-4H,5H2,1-2H3,(H,12,13,15). The second-order valence-corrected chi connectivity index (χ2v) is 3.66. The summed E-state index contributed by atoms with van der Waals surface area (Å²) in [7, 11) is 0. The van der Waals surface area contributed by atoms with Crippen molar-refractivity contribution in [1.82, 2.24) is 4.98 Å². The molecule has 0 aliphatic heterocycles. The van der Waals surface area contributed by atoms with E-state index in [-0.39, 0.29) is 11.7 Å². The Morgan fingerprint density at radius 1 is 1.40 bits per heavy atom. The maximum atomic E-state index is 11.2. The Labute approximate surface area is 96.2 Å². The number of ketones is 1. The van der Waals surface area contributed by atoms with Crippen LogP contribution in [0, 0.1) is 0 Å². The Hall–Kier alpha value is -1.23. The van der Waals surface area contributed by atoms with Gasteiger partial charge in [-0.3, -0.25) is 9.59 Å². The largest absolute Gasteiger partial charge is 0.311 e. The van der Waals surface area contributed by atoms with E-state index in [2.05, 4.69) is 26.2 Å². The minimum atomic E-state index is -0.205. The van der Waals surface area contributed by atoms with Gasteiger partial charge in [0.25, 0.3) is 0 Å². The van der Waals surface area contributed by atoms with Crippen LogP contribution >= 0.6 is 15.9 Å². The summed E-state index contributed by atoms with van der Waals surface area (Å²) in [5.41, 5.74) is 1.26. The number of hydrogen-bond acceptors (Lipinski definition) is 3. The quantitative estimate of drug-likeness (QED) is 0.676. The number of aromatic nitrogens is 1. The minimum absolute atomic E-state index is 0.0498. The average molecular weight is 271 g/mol. The summed E-state index contributed by atoms with van der Waals surface area (Å²) < 4.78 is 0. The average Bonchev–Trinajstić information content (AvgIpc) is 2.16. The fourth-order valence-corrected chi connectivity index (χ4v) is 1.39. The summed E-state index contributed by atoms with van der Waals surface area (Å²) >= 11 is 3.25. The van der Waals surface area contributed by atoms with E-state index in [0.717, 1.165) is 0 Å². The molecular formula is C10H11BrN2O2. The van der Waals surface area contributed by atoms with Crippen LogP contribution in [0.25, 0.3) is 0 Å². The SMILES string of the molecule is CC(=O)Nc1cc(C(C)=O)cc(CBr)n1. The molecule has 0 bridgehead atoms. The molecule has 0 atom stereocenters. The summed E-state index contributed by atoms with van der Waals surface area (Å²) in [6.07, 6.45) is 0. The van der Waals surface area contributed by atoms with E-state index in [0.29, 0.717) is 22.4 Å². The van der Waals surface area contributed by atoms with Gasteiger partial charge >= 0.3 is 0 Å². The molecule has 0 aromatic carbocycles. The third kappa shape index (κ3) is 3.43. The zero-order chi connectivity index (χ0) is 11.4. The van der Waals surface area contributed by atoms with Crippen molar-refractivity contribution in [2.24, 2.45) is 0 Å². The van der Waals surface area contributed by atoms with Crippen LogP contribution in [0.2, 0.25) is 0 Å². The molecule has 15 heavy (non-hydrogen) atoms. The van der Waals surface area contributed by atoms with Gasteiger partial charge in [0.2, 0.25) is 5.91 Å². The molecule has 0 unspecified atom stereocenters. The number of nitrogens with zero attached hydrogens (tertiary/aromatic N) is 1. The number of anilines is 1. The lowest BCUT2D eigenvalue weighted by Crippen LogP contribution is -2.09. The van der Waals surface area contributed by atoms with E-state index < -0.39 is 0 Å². The molecule has 0 saturated heterocycles. The minimum Gasteiger partial charge on any atom is -0.311 e. The molecule has 1 N–H and O–H groups in total. The molecule has 1 rings (SSSR count). The van der Waals surface area contributed by atoms with Crippen LogP contribution in [0.3, 0.4) is 0 Å². The number of pyridine rings is 1. The van der Waals surface area contributed by atoms with E-state index in [1.54, 1.807) is 12.1 Å². The van der Waals surface area contributed by atoms with Gasteiger partial charge in [0, 0.05) is 17.8 Å². The molecule has 1 aromatic rings. The summed E-state index contributed by atoms with van der Waals surface area (Å²) in [6.45, 7) is 2.88. The van der Waals surface area contributed by atoms with Crippen LogP contribution in [-0.2, 0) is 10.1 Å². The van der Waals surface area contributed by atoms with Crippen molar-refractivity contribution in [3.8, 4) is 0 Å². The lowest BCUT2D eigenvalue weighted by atomic mass is 10.1. The van der Waals surface area contributed by atoms with E-state index in [9.17, 15) is 9.59 Å². The Kier molecular flexibility index (Phi) is 3.96. The highest BCUT2D eigenvalue weighted by atomic mass is 79.9. The van der Waals surface area contributed by atoms with Crippen molar-refractivity contribution in [2.75, 3.05) is 5.32 Å². The molecule has 1 heterocycles. The van der Waals surface area contributed by atoms with Gasteiger partial charge < -0.3 is 5.32 Å². The van der Waals surface area contributed by atoms with Gasteiger partial charge in [-0.2, -0.15) is 0 Å². The summed E-state index contributed by atoms with van der Waals surface area (Å²) in [5.74, 6) is 0.152. The van der Waals surface area contributed by atoms with Crippen molar-refractivity contribution in [1.29, 1.82) is 0 Å². The van der Waals surface area contributed by atoms with Gasteiger partial charge in [-0.05, 0) is 19.1 Å². The van der Waals surface area contributed by atoms with Crippen molar-refractivity contribution in [2.45, 2.75) is 19.2 Å². The predicted octanol–water partition coefficient (Wildman–Crippen LogP) is 2.14. The number of rotatable bonds is 3. The van der Waals surface area contributed by atoms with Crippen LogP contribution in [-0.4, -0.2) is 16.7 Å². The number of nitrogens with one attached hydrogen (secondary N) is 1. The van der Waals surface area contributed by atoms with Gasteiger partial charge in [-0.15, -0.1) is 0 Å². The van der Waals surface area contributed by atoms with Crippen LogP contribution in [0.1, 0.15) is 29.9 Å². The second-order valence-electron chi connectivity index (χ2n) is 3.10. The molecular weight excluding hydrogens is 260 g/mol. The molecule has 80 valence electrons. The smallest absolute Gasteiger partial charge is 0.222 e. The molecule has 4 nitrogen and oxygen atoms in total. The first-order chi connectivity index (χ1) is 7.02. The van der Waals surface area contributed by atoms with Gasteiger partial charge in [0.05, 0.1) is 5.69 Å². The maximum Gasteiger partial charge on any atom is 0.222 e. The zero-order valence-corrected chi connectivity index (χ0v) is 10.1. The maximum absolute atomic E-state index is 11.2. The van der Waals surface area contributed by atoms with Crippen molar-refractivity contribution in [3.63, 3.8) is 0 Å². The molecule has 0 radical (unpaired) electrons. The molecule has 5 heteroatoms. The first-order valence-electron chi connectivity index (χ1n) is 4.38. The van der Waals surface area contributed by atoms with Crippen molar-refractivity contribution in [3.05, 3.63) is 23.4 Å². The topological polar surface area (TPSA) is 59.1 Å². The van der Waals surface area contributed by atoms with E-state index >= 15 is 0 Å². The predicted molar refractivity (Wildman–Crippen MR) is 61.2 cm³/mol. The Bertz CT molecular complexity index is 404. The first kappa shape index (κ1) is 11.8. The first-order valence-corrected chi connectivity index (χ1v) is 5.50. The van der Waals surface area contributed by atoms with Crippen LogP contribution in [0.4, 0.5) is 5.82 Å². The lowest BCUT2D eigenvalue weighted by Gasteiger charge is -2.05. The molecule has 0 aliphatic carbocycles. The monoisotopic (exact) mass is 270 g/mol. The highest BCUT2D eigenvalue weighted by Crippen LogP contribution is 2.13. The number of carbonyl (C=O) groups is 2. The van der Waals surface area contributed by atoms with E-state index in [4.69, 9.17) is 0 Å². The summed E-state index contributed by atoms with van der Waals surface area (Å²) in [6, 6.07) is 3.26. The Balaban J connectivity index is 3.11. The molecule has 1 amide bonds. The summed E-state index contributed by atoms with van der Waals surface area (Å²) in [5, 5.41) is 3.09. The molecule has 0 spiro atoms. The number of Topliss-reactive ketones (excluding diaryl/α,β-unsaturated/α-hetero) is 1. The third-order valence-electron chi connectivity index (χ3n) is 1.73. The molecule has 1 aromatic heterocycles. The van der Waals surface area contributed by atoms with Crippen molar-refractivity contribution >= 4 is 33.4 Å². The van der Waals surface area contributed by atoms with Crippen LogP contribution in [0.5, 0.6) is 0 Å². The Morgan fingerprint density at radius 3 is 2.53 bits per heavy atom. The van der Waals surface area contributed by atoms with E-state index in [1.165, 1.54) is 13.8 Å². The van der Waals surface area contributed by atoms with Crippen molar-refractivity contribution < 1.29 is 9.59 Å². The van der Waals surface area contributed by atoms with Crippen LogP contribution in [0.15, 0.2) is 12.1 Å². The fourth-order valence-electron chi connectivity index (χ4n) is 1.10. The van der Waals surface area contributed by atoms with Gasteiger partial charge in [-0.25, -0.2) is 4.98 Å². The van der Waals surface area contributed by atoms with E-state index in [1.807, 2.05) is 0 Å². The number of alkyl halides is 1. The lowest BCUT2D eigenvalue weighted by molar-refractivity contribution is -0.114. The van der Waals surface area contributed by atoms with Gasteiger partial charge in [0.15, 0.2) is 5.78 Å². The third-order valence-corrected chi connectivity index (χ3v) is 2.30. The number of carbonyl (C=O) groups excluding carboxylic acids is 2. The van der Waals surface area contributed by atoms with Gasteiger partial charge in [-0.1, -0.05) is 15.9 Å². The molecule has 0 saturated carbocycles. The highest BCUT2D eigenvalue weighted by Gasteiger charge is 2.06.